The summed E-state index contributed by atoms with van der Waals surface area (Å²) in [4.78, 5) is 25.0. The molecular weight excluding hydrogens is 372 g/mol. The quantitative estimate of drug-likeness (QED) is 0.748. The lowest BCUT2D eigenvalue weighted by molar-refractivity contribution is 0.0526. The van der Waals surface area contributed by atoms with Crippen molar-refractivity contribution in [2.45, 2.75) is 6.92 Å². The first-order valence-corrected chi connectivity index (χ1v) is 8.71. The third kappa shape index (κ3) is 3.84. The van der Waals surface area contributed by atoms with Crippen LogP contribution in [0.3, 0.4) is 0 Å². The summed E-state index contributed by atoms with van der Waals surface area (Å²) < 4.78 is 5.96. The van der Waals surface area contributed by atoms with Gasteiger partial charge in [0, 0.05) is 43.0 Å². The maximum atomic E-state index is 11.7. The fourth-order valence-electron chi connectivity index (χ4n) is 2.63. The van der Waals surface area contributed by atoms with Crippen molar-refractivity contribution in [2.75, 3.05) is 42.6 Å². The second-order valence-electron chi connectivity index (χ2n) is 5.43. The summed E-state index contributed by atoms with van der Waals surface area (Å²) in [7, 11) is 0. The highest BCUT2D eigenvalue weighted by Crippen LogP contribution is 2.19. The zero-order valence-corrected chi connectivity index (χ0v) is 15.1. The Morgan fingerprint density at radius 3 is 2.08 bits per heavy atom. The summed E-state index contributed by atoms with van der Waals surface area (Å²) in [5.41, 5.74) is 0.485. The molecule has 1 saturated heterocycles. The molecule has 1 aliphatic heterocycles. The van der Waals surface area contributed by atoms with Crippen LogP contribution < -0.4 is 9.80 Å². The van der Waals surface area contributed by atoms with Crippen LogP contribution in [0.2, 0.25) is 0 Å². The number of rotatable bonds is 4. The Bertz CT molecular complexity index is 683. The van der Waals surface area contributed by atoms with Crippen LogP contribution in [0.25, 0.3) is 0 Å². The molecule has 0 atom stereocenters. The highest BCUT2D eigenvalue weighted by atomic mass is 79.9. The molecule has 3 rings (SSSR count). The third-order valence-corrected chi connectivity index (χ3v) is 4.37. The Kier molecular flexibility index (Phi) is 5.30. The van der Waals surface area contributed by atoms with Gasteiger partial charge in [0.2, 0.25) is 0 Å². The zero-order valence-electron chi connectivity index (χ0n) is 13.5. The first-order valence-electron chi connectivity index (χ1n) is 7.92. The van der Waals surface area contributed by atoms with Gasteiger partial charge in [-0.2, -0.15) is 0 Å². The first-order chi connectivity index (χ1) is 11.7. The maximum Gasteiger partial charge on any atom is 0.339 e. The molecule has 0 unspecified atom stereocenters. The largest absolute Gasteiger partial charge is 0.462 e. The van der Waals surface area contributed by atoms with Crippen molar-refractivity contribution in [2.24, 2.45) is 0 Å². The highest BCUT2D eigenvalue weighted by molar-refractivity contribution is 9.10. The minimum absolute atomic E-state index is 0.331. The van der Waals surface area contributed by atoms with Crippen LogP contribution in [-0.4, -0.2) is 48.7 Å². The summed E-state index contributed by atoms with van der Waals surface area (Å²) in [6.07, 6.45) is 3.40. The van der Waals surface area contributed by atoms with Gasteiger partial charge in [-0.25, -0.2) is 14.8 Å². The second kappa shape index (κ2) is 7.61. The average molecular weight is 391 g/mol. The number of esters is 1. The molecule has 0 bridgehead atoms. The molecule has 1 fully saturated rings. The SMILES string of the molecule is CCOC(=O)c1ccc(N2CCN(c3ccc(Br)cn3)CC2)nc1. The number of hydrogen-bond acceptors (Lipinski definition) is 6. The molecule has 2 aromatic heterocycles. The van der Waals surface area contributed by atoms with E-state index >= 15 is 0 Å². The normalized spacial score (nSPS) is 14.6. The fraction of sp³-hybridized carbons (Fsp3) is 0.353. The molecule has 0 saturated carbocycles. The van der Waals surface area contributed by atoms with Crippen LogP contribution in [0.15, 0.2) is 41.1 Å². The van der Waals surface area contributed by atoms with Gasteiger partial charge in [0.05, 0.1) is 12.2 Å². The van der Waals surface area contributed by atoms with Crippen molar-refractivity contribution in [3.8, 4) is 0 Å². The van der Waals surface area contributed by atoms with Gasteiger partial charge in [-0.3, -0.25) is 0 Å². The molecule has 0 amide bonds. The van der Waals surface area contributed by atoms with Crippen molar-refractivity contribution in [3.63, 3.8) is 0 Å². The van der Waals surface area contributed by atoms with E-state index in [1.165, 1.54) is 0 Å². The van der Waals surface area contributed by atoms with Gasteiger partial charge in [-0.05, 0) is 47.1 Å². The van der Waals surface area contributed by atoms with Gasteiger partial charge in [0.1, 0.15) is 11.6 Å². The molecule has 0 radical (unpaired) electrons. The van der Waals surface area contributed by atoms with E-state index in [4.69, 9.17) is 4.74 Å². The van der Waals surface area contributed by atoms with Crippen LogP contribution in [0, 0.1) is 0 Å². The first kappa shape index (κ1) is 16.7. The van der Waals surface area contributed by atoms with E-state index in [9.17, 15) is 4.79 Å². The molecule has 6 nitrogen and oxygen atoms in total. The molecule has 0 spiro atoms. The molecule has 126 valence electrons. The molecule has 24 heavy (non-hydrogen) atoms. The molecule has 2 aromatic rings. The fourth-order valence-corrected chi connectivity index (χ4v) is 2.86. The lowest BCUT2D eigenvalue weighted by Gasteiger charge is -2.36. The number of pyridine rings is 2. The summed E-state index contributed by atoms with van der Waals surface area (Å²) in [5, 5.41) is 0. The molecule has 3 heterocycles. The van der Waals surface area contributed by atoms with Crippen LogP contribution in [0.1, 0.15) is 17.3 Å². The van der Waals surface area contributed by atoms with Crippen LogP contribution in [0.5, 0.6) is 0 Å². The van der Waals surface area contributed by atoms with Crippen LogP contribution in [-0.2, 0) is 4.74 Å². The van der Waals surface area contributed by atoms with Gasteiger partial charge in [-0.1, -0.05) is 0 Å². The molecular formula is C17H19BrN4O2. The number of aromatic nitrogens is 2. The van der Waals surface area contributed by atoms with Crippen LogP contribution >= 0.6 is 15.9 Å². The minimum atomic E-state index is -0.331. The predicted octanol–water partition coefficient (Wildman–Crippen LogP) is 2.74. The van der Waals surface area contributed by atoms with Gasteiger partial charge in [0.15, 0.2) is 0 Å². The number of piperazine rings is 1. The monoisotopic (exact) mass is 390 g/mol. The number of halogens is 1. The summed E-state index contributed by atoms with van der Waals surface area (Å²) in [6, 6.07) is 7.67. The minimum Gasteiger partial charge on any atom is -0.462 e. The Balaban J connectivity index is 1.60. The third-order valence-electron chi connectivity index (χ3n) is 3.90. The molecule has 0 aromatic carbocycles. The van der Waals surface area contributed by atoms with Crippen LogP contribution in [0.4, 0.5) is 11.6 Å². The number of hydrogen-bond donors (Lipinski definition) is 0. The molecule has 0 N–H and O–H groups in total. The zero-order chi connectivity index (χ0) is 16.9. The van der Waals surface area contributed by atoms with Gasteiger partial charge >= 0.3 is 5.97 Å². The average Bonchev–Trinajstić information content (AvgIpc) is 2.63. The van der Waals surface area contributed by atoms with E-state index in [1.807, 2.05) is 24.4 Å². The Morgan fingerprint density at radius 1 is 1.04 bits per heavy atom. The number of ether oxygens (including phenoxy) is 1. The van der Waals surface area contributed by atoms with Crippen molar-refractivity contribution in [3.05, 3.63) is 46.7 Å². The van der Waals surface area contributed by atoms with E-state index in [0.29, 0.717) is 12.2 Å². The molecule has 7 heteroatoms. The lowest BCUT2D eigenvalue weighted by Crippen LogP contribution is -2.47. The van der Waals surface area contributed by atoms with E-state index in [2.05, 4.69) is 35.7 Å². The number of nitrogens with zero attached hydrogens (tertiary/aromatic N) is 4. The topological polar surface area (TPSA) is 58.6 Å². The Hall–Kier alpha value is -2.15. The highest BCUT2D eigenvalue weighted by Gasteiger charge is 2.19. The predicted molar refractivity (Wildman–Crippen MR) is 96.6 cm³/mol. The van der Waals surface area contributed by atoms with E-state index in [0.717, 1.165) is 42.3 Å². The number of carbonyl (C=O) groups is 1. The maximum absolute atomic E-state index is 11.7. The second-order valence-corrected chi connectivity index (χ2v) is 6.35. The van der Waals surface area contributed by atoms with Crippen molar-refractivity contribution in [1.82, 2.24) is 9.97 Å². The van der Waals surface area contributed by atoms with Gasteiger partial charge in [0.25, 0.3) is 0 Å². The smallest absolute Gasteiger partial charge is 0.339 e. The lowest BCUT2D eigenvalue weighted by atomic mass is 10.2. The van der Waals surface area contributed by atoms with Gasteiger partial charge < -0.3 is 14.5 Å². The van der Waals surface area contributed by atoms with Crippen molar-refractivity contribution >= 4 is 33.5 Å². The molecule has 0 aliphatic carbocycles. The Labute approximate surface area is 149 Å². The number of carbonyl (C=O) groups excluding carboxylic acids is 1. The van der Waals surface area contributed by atoms with E-state index in [1.54, 1.807) is 19.2 Å². The number of anilines is 2. The molecule has 1 aliphatic rings. The summed E-state index contributed by atoms with van der Waals surface area (Å²) >= 11 is 3.40. The van der Waals surface area contributed by atoms with E-state index in [-0.39, 0.29) is 5.97 Å². The Morgan fingerprint density at radius 2 is 1.62 bits per heavy atom. The van der Waals surface area contributed by atoms with Crippen molar-refractivity contribution in [1.29, 1.82) is 0 Å². The van der Waals surface area contributed by atoms with Gasteiger partial charge in [-0.15, -0.1) is 0 Å². The standard InChI is InChI=1S/C17H19BrN4O2/c1-2-24-17(23)13-3-5-15(19-11-13)21-7-9-22(10-8-21)16-6-4-14(18)12-20-16/h3-6,11-12H,2,7-10H2,1H3. The van der Waals surface area contributed by atoms with Crippen molar-refractivity contribution < 1.29 is 9.53 Å². The summed E-state index contributed by atoms with van der Waals surface area (Å²) in [6.45, 7) is 5.66. The summed E-state index contributed by atoms with van der Waals surface area (Å²) in [5.74, 6) is 1.54. The van der Waals surface area contributed by atoms with E-state index < -0.39 is 0 Å².